The van der Waals surface area contributed by atoms with Gasteiger partial charge in [-0.1, -0.05) is 24.3 Å². The van der Waals surface area contributed by atoms with Gasteiger partial charge in [-0.05, 0) is 59.2 Å². The van der Waals surface area contributed by atoms with E-state index in [4.69, 9.17) is 15.5 Å². The van der Waals surface area contributed by atoms with Gasteiger partial charge in [-0.25, -0.2) is 9.38 Å². The number of fused-ring (bicyclic) bond motifs is 1. The minimum atomic E-state index is -0.953. The number of benzene rings is 2. The molecule has 0 bridgehead atoms. The molecule has 2 N–H and O–H groups in total. The van der Waals surface area contributed by atoms with Crippen molar-refractivity contribution >= 4 is 5.84 Å². The topological polar surface area (TPSA) is 73.4 Å². The number of methoxy groups -OCH3 is 1. The van der Waals surface area contributed by atoms with Gasteiger partial charge in [-0.3, -0.25) is 9.97 Å². The molecule has 31 heavy (non-hydrogen) atoms. The van der Waals surface area contributed by atoms with Crippen LogP contribution in [0.25, 0.3) is 11.1 Å². The van der Waals surface area contributed by atoms with E-state index in [1.807, 2.05) is 42.5 Å². The average Bonchev–Trinajstić information content (AvgIpc) is 3.13. The zero-order valence-corrected chi connectivity index (χ0v) is 16.8. The molecule has 2 aromatic heterocycles. The molecule has 4 aromatic rings. The number of ether oxygens (including phenoxy) is 1. The van der Waals surface area contributed by atoms with Crippen LogP contribution in [-0.2, 0) is 5.54 Å². The summed E-state index contributed by atoms with van der Waals surface area (Å²) in [7, 11) is 1.59. The number of aliphatic imine (C=N–C) groups is 1. The molecule has 1 atom stereocenters. The lowest BCUT2D eigenvalue weighted by atomic mass is 9.78. The first-order chi connectivity index (χ1) is 15.1. The molecule has 1 aliphatic rings. The third kappa shape index (κ3) is 2.95. The fraction of sp³-hybridized carbons (Fsp3) is 0.0800. The van der Waals surface area contributed by atoms with Crippen molar-refractivity contribution in [3.05, 3.63) is 114 Å². The van der Waals surface area contributed by atoms with Crippen LogP contribution in [0.3, 0.4) is 0 Å². The number of hydrogen-bond acceptors (Lipinski definition) is 5. The fourth-order valence-corrected chi connectivity index (χ4v) is 4.17. The van der Waals surface area contributed by atoms with Gasteiger partial charge in [-0.2, -0.15) is 0 Å². The SMILES string of the molecule is COc1cc(-c2ccccc2F)cc(C2(c3ccncc3)N=C(N)c3ncccc32)c1. The van der Waals surface area contributed by atoms with Gasteiger partial charge in [0.1, 0.15) is 28.6 Å². The molecule has 3 heterocycles. The van der Waals surface area contributed by atoms with Crippen molar-refractivity contribution in [2.24, 2.45) is 10.7 Å². The molecule has 0 saturated carbocycles. The Bertz CT molecular complexity index is 1310. The van der Waals surface area contributed by atoms with Crippen molar-refractivity contribution in [2.75, 3.05) is 7.11 Å². The van der Waals surface area contributed by atoms with Crippen LogP contribution in [0.5, 0.6) is 5.75 Å². The maximum absolute atomic E-state index is 14.6. The van der Waals surface area contributed by atoms with Gasteiger partial charge in [-0.15, -0.1) is 0 Å². The molecule has 152 valence electrons. The second kappa shape index (κ2) is 7.32. The molecular formula is C25H19FN4O. The van der Waals surface area contributed by atoms with Crippen molar-refractivity contribution in [3.8, 4) is 16.9 Å². The number of amidine groups is 1. The van der Waals surface area contributed by atoms with Crippen LogP contribution in [0.4, 0.5) is 4.39 Å². The van der Waals surface area contributed by atoms with Crippen molar-refractivity contribution in [1.29, 1.82) is 0 Å². The zero-order valence-electron chi connectivity index (χ0n) is 16.8. The third-order valence-corrected chi connectivity index (χ3v) is 5.57. The van der Waals surface area contributed by atoms with Crippen LogP contribution in [0, 0.1) is 5.82 Å². The molecule has 0 spiro atoms. The summed E-state index contributed by atoms with van der Waals surface area (Å²) >= 11 is 0. The predicted octanol–water partition coefficient (Wildman–Crippen LogP) is 4.30. The quantitative estimate of drug-likeness (QED) is 0.544. The molecule has 0 radical (unpaired) electrons. The Labute approximate surface area is 179 Å². The first kappa shape index (κ1) is 18.9. The number of nitrogens with zero attached hydrogens (tertiary/aromatic N) is 3. The summed E-state index contributed by atoms with van der Waals surface area (Å²) < 4.78 is 20.2. The highest BCUT2D eigenvalue weighted by atomic mass is 19.1. The van der Waals surface area contributed by atoms with Crippen molar-refractivity contribution < 1.29 is 9.13 Å². The Kier molecular flexibility index (Phi) is 4.47. The summed E-state index contributed by atoms with van der Waals surface area (Å²) in [6.07, 6.45) is 5.13. The lowest BCUT2D eigenvalue weighted by Gasteiger charge is -2.29. The molecule has 0 amide bonds. The maximum atomic E-state index is 14.6. The molecule has 0 fully saturated rings. The molecule has 5 nitrogen and oxygen atoms in total. The van der Waals surface area contributed by atoms with Crippen LogP contribution in [0.1, 0.15) is 22.4 Å². The fourth-order valence-electron chi connectivity index (χ4n) is 4.17. The van der Waals surface area contributed by atoms with E-state index < -0.39 is 5.54 Å². The number of nitrogens with two attached hydrogens (primary N) is 1. The second-order valence-corrected chi connectivity index (χ2v) is 7.27. The van der Waals surface area contributed by atoms with E-state index in [1.54, 1.807) is 43.9 Å². The first-order valence-corrected chi connectivity index (χ1v) is 9.79. The predicted molar refractivity (Wildman–Crippen MR) is 117 cm³/mol. The number of rotatable bonds is 4. The molecule has 6 heteroatoms. The number of halogens is 1. The molecule has 1 aliphatic heterocycles. The highest BCUT2D eigenvalue weighted by Crippen LogP contribution is 2.47. The number of hydrogen-bond donors (Lipinski definition) is 1. The lowest BCUT2D eigenvalue weighted by molar-refractivity contribution is 0.413. The van der Waals surface area contributed by atoms with E-state index >= 15 is 0 Å². The third-order valence-electron chi connectivity index (χ3n) is 5.57. The minimum Gasteiger partial charge on any atom is -0.497 e. The van der Waals surface area contributed by atoms with Gasteiger partial charge in [0.2, 0.25) is 0 Å². The van der Waals surface area contributed by atoms with Gasteiger partial charge in [0.05, 0.1) is 7.11 Å². The molecule has 2 aromatic carbocycles. The maximum Gasteiger partial charge on any atom is 0.146 e. The summed E-state index contributed by atoms with van der Waals surface area (Å²) in [6.45, 7) is 0. The molecular weight excluding hydrogens is 391 g/mol. The Morgan fingerprint density at radius 1 is 0.903 bits per heavy atom. The van der Waals surface area contributed by atoms with Gasteiger partial charge < -0.3 is 10.5 Å². The molecule has 0 saturated heterocycles. The van der Waals surface area contributed by atoms with Crippen molar-refractivity contribution in [1.82, 2.24) is 9.97 Å². The summed E-state index contributed by atoms with van der Waals surface area (Å²) in [6, 6.07) is 20.0. The highest BCUT2D eigenvalue weighted by molar-refractivity contribution is 6.01. The van der Waals surface area contributed by atoms with Crippen molar-refractivity contribution in [2.45, 2.75) is 5.54 Å². The summed E-state index contributed by atoms with van der Waals surface area (Å²) in [4.78, 5) is 13.5. The first-order valence-electron chi connectivity index (χ1n) is 9.79. The Hall–Kier alpha value is -4.06. The van der Waals surface area contributed by atoms with Crippen LogP contribution in [0.15, 0.2) is 90.3 Å². The van der Waals surface area contributed by atoms with Crippen LogP contribution < -0.4 is 10.5 Å². The van der Waals surface area contributed by atoms with Crippen LogP contribution >= 0.6 is 0 Å². The Morgan fingerprint density at radius 3 is 2.48 bits per heavy atom. The molecule has 0 aliphatic carbocycles. The van der Waals surface area contributed by atoms with Gasteiger partial charge >= 0.3 is 0 Å². The minimum absolute atomic E-state index is 0.309. The van der Waals surface area contributed by atoms with E-state index in [2.05, 4.69) is 9.97 Å². The summed E-state index contributed by atoms with van der Waals surface area (Å²) in [5.41, 5.74) is 9.70. The van der Waals surface area contributed by atoms with Gasteiger partial charge in [0, 0.05) is 29.7 Å². The second-order valence-electron chi connectivity index (χ2n) is 7.27. The largest absolute Gasteiger partial charge is 0.497 e. The van der Waals surface area contributed by atoms with E-state index in [0.29, 0.717) is 28.4 Å². The van der Waals surface area contributed by atoms with Crippen molar-refractivity contribution in [3.63, 3.8) is 0 Å². The zero-order chi connectivity index (χ0) is 21.4. The van der Waals surface area contributed by atoms with E-state index in [-0.39, 0.29) is 5.82 Å². The highest BCUT2D eigenvalue weighted by Gasteiger charge is 2.44. The number of aromatic nitrogens is 2. The normalized spacial score (nSPS) is 17.2. The van der Waals surface area contributed by atoms with Crippen LogP contribution in [0.2, 0.25) is 0 Å². The van der Waals surface area contributed by atoms with E-state index in [1.165, 1.54) is 6.07 Å². The molecule has 5 rings (SSSR count). The summed E-state index contributed by atoms with van der Waals surface area (Å²) in [5, 5.41) is 0. The van der Waals surface area contributed by atoms with Gasteiger partial charge in [0.15, 0.2) is 0 Å². The average molecular weight is 410 g/mol. The standard InChI is InChI=1S/C25H19FN4O/c1-31-19-14-16(20-5-2-3-7-22(20)26)13-18(15-19)25(17-8-11-28-12-9-17)21-6-4-10-29-23(21)24(27)30-25/h2-15H,1H3,(H2,27,30). The smallest absolute Gasteiger partial charge is 0.146 e. The van der Waals surface area contributed by atoms with Gasteiger partial charge in [0.25, 0.3) is 0 Å². The van der Waals surface area contributed by atoms with Crippen LogP contribution in [-0.4, -0.2) is 22.9 Å². The van der Waals surface area contributed by atoms with E-state index in [9.17, 15) is 4.39 Å². The molecule has 1 unspecified atom stereocenters. The Morgan fingerprint density at radius 2 is 1.71 bits per heavy atom. The number of pyridine rings is 2. The summed E-state index contributed by atoms with van der Waals surface area (Å²) in [5.74, 6) is 0.633. The van der Waals surface area contributed by atoms with E-state index in [0.717, 1.165) is 16.7 Å². The Balaban J connectivity index is 1.84. The lowest BCUT2D eigenvalue weighted by Crippen LogP contribution is -2.25. The monoisotopic (exact) mass is 410 g/mol.